The van der Waals surface area contributed by atoms with Crippen molar-refractivity contribution in [2.24, 2.45) is 0 Å². The molecule has 4 rings (SSSR count). The van der Waals surface area contributed by atoms with Crippen LogP contribution in [0.3, 0.4) is 0 Å². The van der Waals surface area contributed by atoms with Gasteiger partial charge < -0.3 is 5.11 Å². The standard InChI is InChI=1S/C28H29N3O4S/c1-4-5-11-25-30-27(32)26(28(33)31(25)20(3)21-9-7-6-8-10-21)36(34,35)23-14-12-22(13-15-23)24-16-17-29-18-19(24)2/h6-10,12-18,20,33H,4-5,11H2,1-3H3/t20-/m0/s1. The summed E-state index contributed by atoms with van der Waals surface area (Å²) in [5, 5.41) is 11.3. The van der Waals surface area contributed by atoms with Crippen molar-refractivity contribution in [3.05, 3.63) is 100 Å². The van der Waals surface area contributed by atoms with Crippen LogP contribution in [0.2, 0.25) is 0 Å². The van der Waals surface area contributed by atoms with Gasteiger partial charge in [0.2, 0.25) is 15.7 Å². The summed E-state index contributed by atoms with van der Waals surface area (Å²) < 4.78 is 28.7. The lowest BCUT2D eigenvalue weighted by Gasteiger charge is -2.23. The van der Waals surface area contributed by atoms with Gasteiger partial charge in [0.05, 0.1) is 10.9 Å². The van der Waals surface area contributed by atoms with Gasteiger partial charge in [-0.15, -0.1) is 0 Å². The molecule has 0 aliphatic heterocycles. The Hall–Kier alpha value is -3.78. The molecule has 0 unspecified atom stereocenters. The van der Waals surface area contributed by atoms with E-state index in [2.05, 4.69) is 9.97 Å². The van der Waals surface area contributed by atoms with Crippen LogP contribution in [0.5, 0.6) is 5.88 Å². The predicted octanol–water partition coefficient (Wildman–Crippen LogP) is 5.10. The minimum absolute atomic E-state index is 0.0904. The number of pyridine rings is 1. The van der Waals surface area contributed by atoms with Crippen molar-refractivity contribution in [2.45, 2.75) is 55.9 Å². The number of aromatic nitrogens is 3. The molecule has 0 bridgehead atoms. The molecule has 0 saturated carbocycles. The quantitative estimate of drug-likeness (QED) is 0.359. The lowest BCUT2D eigenvalue weighted by molar-refractivity contribution is 0.369. The van der Waals surface area contributed by atoms with Gasteiger partial charge in [0, 0.05) is 18.8 Å². The molecule has 0 fully saturated rings. The number of sulfone groups is 1. The summed E-state index contributed by atoms with van der Waals surface area (Å²) in [6.45, 7) is 5.78. The minimum atomic E-state index is -4.34. The Morgan fingerprint density at radius 3 is 2.36 bits per heavy atom. The summed E-state index contributed by atoms with van der Waals surface area (Å²) in [7, 11) is -4.34. The highest BCUT2D eigenvalue weighted by Gasteiger charge is 2.31. The summed E-state index contributed by atoms with van der Waals surface area (Å²) in [4.78, 5) is 20.5. The van der Waals surface area contributed by atoms with Crippen LogP contribution in [0.25, 0.3) is 11.1 Å². The Bertz CT molecular complexity index is 1530. The molecule has 36 heavy (non-hydrogen) atoms. The Kier molecular flexibility index (Phi) is 7.35. The molecule has 1 atom stereocenters. The number of unbranched alkanes of at least 4 members (excludes halogenated alkanes) is 1. The van der Waals surface area contributed by atoms with Crippen LogP contribution in [0.4, 0.5) is 0 Å². The first-order valence-corrected chi connectivity index (χ1v) is 13.4. The predicted molar refractivity (Wildman–Crippen MR) is 139 cm³/mol. The van der Waals surface area contributed by atoms with Crippen LogP contribution in [0, 0.1) is 6.92 Å². The third-order valence-electron chi connectivity index (χ3n) is 6.32. The molecule has 4 aromatic rings. The molecule has 0 saturated heterocycles. The number of rotatable bonds is 8. The van der Waals surface area contributed by atoms with E-state index in [1.165, 1.54) is 16.7 Å². The van der Waals surface area contributed by atoms with Gasteiger partial charge in [0.15, 0.2) is 4.90 Å². The molecule has 2 heterocycles. The Morgan fingerprint density at radius 1 is 1.03 bits per heavy atom. The summed E-state index contributed by atoms with van der Waals surface area (Å²) in [6, 6.07) is 17.1. The number of aromatic hydroxyl groups is 1. The molecule has 0 amide bonds. The van der Waals surface area contributed by atoms with E-state index < -0.39 is 32.2 Å². The van der Waals surface area contributed by atoms with E-state index in [1.54, 1.807) is 24.5 Å². The number of hydrogen-bond donors (Lipinski definition) is 1. The van der Waals surface area contributed by atoms with Crippen LogP contribution in [0.15, 0.2) is 87.6 Å². The average Bonchev–Trinajstić information content (AvgIpc) is 2.87. The fourth-order valence-electron chi connectivity index (χ4n) is 4.31. The molecule has 1 N–H and O–H groups in total. The van der Waals surface area contributed by atoms with E-state index in [9.17, 15) is 18.3 Å². The van der Waals surface area contributed by atoms with Gasteiger partial charge in [-0.05, 0) is 60.7 Å². The molecule has 2 aromatic heterocycles. The van der Waals surface area contributed by atoms with Gasteiger partial charge in [-0.3, -0.25) is 14.3 Å². The molecule has 186 valence electrons. The number of aryl methyl sites for hydroxylation is 2. The third kappa shape index (κ3) is 4.81. The normalized spacial score (nSPS) is 12.4. The molecule has 0 spiro atoms. The van der Waals surface area contributed by atoms with Gasteiger partial charge in [-0.1, -0.05) is 55.8 Å². The van der Waals surface area contributed by atoms with Crippen LogP contribution in [-0.4, -0.2) is 28.1 Å². The van der Waals surface area contributed by atoms with Crippen LogP contribution in [0.1, 0.15) is 49.7 Å². The number of benzene rings is 2. The van der Waals surface area contributed by atoms with Crippen molar-refractivity contribution >= 4 is 9.84 Å². The first-order valence-electron chi connectivity index (χ1n) is 11.9. The maximum absolute atomic E-state index is 13.6. The van der Waals surface area contributed by atoms with Gasteiger partial charge >= 0.3 is 0 Å². The summed E-state index contributed by atoms with van der Waals surface area (Å²) in [6.07, 6.45) is 5.46. The van der Waals surface area contributed by atoms with Crippen molar-refractivity contribution in [1.29, 1.82) is 0 Å². The fraction of sp³-hybridized carbons (Fsp3) is 0.250. The first kappa shape index (κ1) is 25.3. The third-order valence-corrected chi connectivity index (χ3v) is 8.11. The van der Waals surface area contributed by atoms with Crippen molar-refractivity contribution in [3.8, 4) is 17.0 Å². The largest absolute Gasteiger partial charge is 0.493 e. The minimum Gasteiger partial charge on any atom is -0.493 e. The lowest BCUT2D eigenvalue weighted by Crippen LogP contribution is -2.27. The van der Waals surface area contributed by atoms with E-state index in [1.807, 2.05) is 57.2 Å². The van der Waals surface area contributed by atoms with Crippen LogP contribution < -0.4 is 5.56 Å². The lowest BCUT2D eigenvalue weighted by atomic mass is 10.0. The topological polar surface area (TPSA) is 102 Å². The zero-order valence-electron chi connectivity index (χ0n) is 20.5. The van der Waals surface area contributed by atoms with E-state index in [4.69, 9.17) is 0 Å². The molecule has 2 aromatic carbocycles. The Labute approximate surface area is 211 Å². The van der Waals surface area contributed by atoms with E-state index >= 15 is 0 Å². The van der Waals surface area contributed by atoms with Gasteiger partial charge in [-0.25, -0.2) is 8.42 Å². The van der Waals surface area contributed by atoms with Crippen molar-refractivity contribution in [2.75, 3.05) is 0 Å². The highest BCUT2D eigenvalue weighted by Crippen LogP contribution is 2.32. The zero-order valence-corrected chi connectivity index (χ0v) is 21.4. The second-order valence-electron chi connectivity index (χ2n) is 8.76. The number of hydrogen-bond acceptors (Lipinski definition) is 6. The first-order chi connectivity index (χ1) is 17.3. The van der Waals surface area contributed by atoms with Crippen LogP contribution in [-0.2, 0) is 16.3 Å². The van der Waals surface area contributed by atoms with E-state index in [0.29, 0.717) is 12.2 Å². The molecular formula is C28H29N3O4S. The zero-order chi connectivity index (χ0) is 25.9. The molecule has 8 heteroatoms. The van der Waals surface area contributed by atoms with Crippen molar-refractivity contribution in [3.63, 3.8) is 0 Å². The Morgan fingerprint density at radius 2 is 1.72 bits per heavy atom. The molecule has 0 aliphatic rings. The SMILES string of the molecule is CCCCc1nc(=O)c(S(=O)(=O)c2ccc(-c3ccncc3C)cc2)c(O)n1[C@@H](C)c1ccccc1. The second kappa shape index (κ2) is 10.5. The summed E-state index contributed by atoms with van der Waals surface area (Å²) in [5.74, 6) is -0.232. The van der Waals surface area contributed by atoms with Gasteiger partial charge in [0.1, 0.15) is 5.82 Å². The average molecular weight is 504 g/mol. The Balaban J connectivity index is 1.84. The van der Waals surface area contributed by atoms with E-state index in [-0.39, 0.29) is 4.90 Å². The smallest absolute Gasteiger partial charge is 0.296 e. The summed E-state index contributed by atoms with van der Waals surface area (Å²) >= 11 is 0. The van der Waals surface area contributed by atoms with E-state index in [0.717, 1.165) is 35.1 Å². The maximum Gasteiger partial charge on any atom is 0.296 e. The van der Waals surface area contributed by atoms with Crippen molar-refractivity contribution in [1.82, 2.24) is 14.5 Å². The molecule has 7 nitrogen and oxygen atoms in total. The molecule has 0 radical (unpaired) electrons. The molecular weight excluding hydrogens is 474 g/mol. The number of nitrogens with zero attached hydrogens (tertiary/aromatic N) is 3. The van der Waals surface area contributed by atoms with Gasteiger partial charge in [-0.2, -0.15) is 4.98 Å². The van der Waals surface area contributed by atoms with Crippen LogP contribution >= 0.6 is 0 Å². The highest BCUT2D eigenvalue weighted by molar-refractivity contribution is 7.91. The van der Waals surface area contributed by atoms with Gasteiger partial charge in [0.25, 0.3) is 5.56 Å². The maximum atomic E-state index is 13.6. The monoisotopic (exact) mass is 503 g/mol. The fourth-order valence-corrected chi connectivity index (χ4v) is 5.66. The molecule has 0 aliphatic carbocycles. The second-order valence-corrected chi connectivity index (χ2v) is 10.7. The van der Waals surface area contributed by atoms with Crippen molar-refractivity contribution < 1.29 is 13.5 Å². The summed E-state index contributed by atoms with van der Waals surface area (Å²) in [5.41, 5.74) is 2.61. The highest BCUT2D eigenvalue weighted by atomic mass is 32.2.